The van der Waals surface area contributed by atoms with Crippen LogP contribution in [0.3, 0.4) is 0 Å². The van der Waals surface area contributed by atoms with E-state index in [0.29, 0.717) is 118 Å². The summed E-state index contributed by atoms with van der Waals surface area (Å²) in [5, 5.41) is 76.0. The lowest BCUT2D eigenvalue weighted by atomic mass is 9.83. The second kappa shape index (κ2) is 49.5. The lowest BCUT2D eigenvalue weighted by molar-refractivity contribution is -0.383. The number of aromatic nitrogens is 4. The van der Waals surface area contributed by atoms with E-state index in [1.165, 1.54) is 33.4 Å². The monoisotopic (exact) mass is 1880 g/mol. The molecule has 4 aliphatic rings. The second-order valence-corrected chi connectivity index (χ2v) is 35.6. The van der Waals surface area contributed by atoms with E-state index in [-0.39, 0.29) is 190 Å². The summed E-state index contributed by atoms with van der Waals surface area (Å²) in [7, 11) is 6.25. The number of aromatic hydroxyl groups is 2. The topological polar surface area (TPSA) is 407 Å². The van der Waals surface area contributed by atoms with E-state index in [2.05, 4.69) is 27.7 Å². The lowest BCUT2D eigenvalue weighted by Gasteiger charge is -2.25. The molecule has 0 saturated heterocycles. The normalized spacial score (nSPS) is 12.4. The summed E-state index contributed by atoms with van der Waals surface area (Å²) in [6.45, 7) is 12.9. The molecule has 0 radical (unpaired) electrons. The molecule has 2 aromatic heterocycles. The van der Waals surface area contributed by atoms with E-state index < -0.39 is 55.7 Å². The van der Waals surface area contributed by atoms with Crippen LogP contribution < -0.4 is 44.1 Å². The third-order valence-corrected chi connectivity index (χ3v) is 26.7. The molecule has 32 heteroatoms. The van der Waals surface area contributed by atoms with E-state index in [9.17, 15) is 70.0 Å². The molecule has 4 N–H and O–H groups in total. The molecule has 4 heterocycles. The minimum atomic E-state index is -0.913. The van der Waals surface area contributed by atoms with Crippen LogP contribution in [0.4, 0.5) is 11.4 Å². The van der Waals surface area contributed by atoms with Crippen LogP contribution in [0.2, 0.25) is 0 Å². The van der Waals surface area contributed by atoms with Crippen molar-refractivity contribution in [3.8, 4) is 34.0 Å². The molecule has 0 spiro atoms. The molecule has 32 nitrogen and oxygen atoms in total. The molecular formula is C104H132N8O24. The smallest absolute Gasteiger partial charge is 0.278 e. The van der Waals surface area contributed by atoms with Gasteiger partial charge in [0.1, 0.15) is 0 Å². The van der Waals surface area contributed by atoms with Gasteiger partial charge in [0, 0.05) is 128 Å². The van der Waals surface area contributed by atoms with Gasteiger partial charge in [-0.15, -0.1) is 0 Å². The highest BCUT2D eigenvalue weighted by atomic mass is 16.6. The van der Waals surface area contributed by atoms with E-state index in [4.69, 9.17) is 56.8 Å². The zero-order valence-electron chi connectivity index (χ0n) is 79.9. The number of ether oxygens (including phenoxy) is 12. The minimum absolute atomic E-state index is 0.00725. The summed E-state index contributed by atoms with van der Waals surface area (Å²) in [5.74, 6) is -0.817. The van der Waals surface area contributed by atoms with E-state index in [1.807, 2.05) is 0 Å². The summed E-state index contributed by atoms with van der Waals surface area (Å²) in [5.41, 5.74) is -2.77. The number of pyridine rings is 4. The van der Waals surface area contributed by atoms with Gasteiger partial charge in [-0.25, -0.2) is 0 Å². The fourth-order valence-corrected chi connectivity index (χ4v) is 20.1. The van der Waals surface area contributed by atoms with E-state index in [0.717, 1.165) is 163 Å². The zero-order chi connectivity index (χ0) is 96.6. The quantitative estimate of drug-likeness (QED) is 0.00904. The van der Waals surface area contributed by atoms with Gasteiger partial charge >= 0.3 is 0 Å². The molecule has 0 unspecified atom stereocenters. The Labute approximate surface area is 787 Å². The van der Waals surface area contributed by atoms with Gasteiger partial charge in [0.15, 0.2) is 0 Å². The third-order valence-electron chi connectivity index (χ3n) is 26.7. The van der Waals surface area contributed by atoms with Crippen molar-refractivity contribution in [3.05, 3.63) is 166 Å². The van der Waals surface area contributed by atoms with Gasteiger partial charge in [-0.05, 0) is 83.6 Å². The standard InChI is InChI=1S/C54H70N4O6.C50H62N4O18/c1-5-9-13-17-21-25-35(26-22-18-14-10-6-2)56-51(59)39-32-30-38-48-44(58(63)64)34-42-46-40(31-29-37(50(46)48)47-43(55)33-41(53(56)61)45(39)49(38)47)52(60)57(54(42)62)36(27-23-19-15-11-7-3)28-24-20-16-12-8-4;1-61-9-13-65-17-21-69-27-31(28-70-22-18-66-14-10-62-2)52-47(55)35-8-6-34-44-40(54(59)60)26-38-42-36(7-5-33(46(42)44)43-39(51)25-37(49(52)57)41(35)45(34)43)48(56)53(50(38)58)32(29-71-23-19-67-15-11-63-3)30-72-24-20-68-16-12-64-4/h29-36,55,62H,5-28H2,1-4H3;5-8,25-26,31-32,51,58H,9-24,27-30H2,1-4H3. The Morgan fingerprint density at radius 3 is 0.860 bits per heavy atom. The first-order valence-electron chi connectivity index (χ1n) is 48.6. The molecule has 2 aliphatic heterocycles. The molecule has 0 bridgehead atoms. The number of nitrogens with zero attached hydrogens (tertiary/aromatic N) is 6. The number of hydrogen-bond acceptors (Lipinski definition) is 26. The molecular weight excluding hydrogens is 1750 g/mol. The number of benzene rings is 10. The van der Waals surface area contributed by atoms with Gasteiger partial charge in [-0.2, -0.15) is 0 Å². The summed E-state index contributed by atoms with van der Waals surface area (Å²) in [6, 6.07) is 16.4. The zero-order valence-corrected chi connectivity index (χ0v) is 79.9. The summed E-state index contributed by atoms with van der Waals surface area (Å²) >= 11 is 0. The Bertz CT molecular complexity index is 6720. The van der Waals surface area contributed by atoms with Gasteiger partial charge < -0.3 is 77.9 Å². The highest BCUT2D eigenvalue weighted by molar-refractivity contribution is 6.41. The van der Waals surface area contributed by atoms with Gasteiger partial charge in [0.25, 0.3) is 44.7 Å². The van der Waals surface area contributed by atoms with E-state index >= 15 is 0 Å². The van der Waals surface area contributed by atoms with Crippen molar-refractivity contribution >= 4 is 119 Å². The summed E-state index contributed by atoms with van der Waals surface area (Å²) in [6.07, 6.45) is 24.3. The van der Waals surface area contributed by atoms with Crippen molar-refractivity contribution in [1.82, 2.24) is 18.3 Å². The van der Waals surface area contributed by atoms with Crippen molar-refractivity contribution in [2.75, 3.05) is 161 Å². The number of rotatable bonds is 62. The molecule has 732 valence electrons. The van der Waals surface area contributed by atoms with Crippen molar-refractivity contribution in [2.24, 2.45) is 0 Å². The fraction of sp³-hybridized carbons (Fsp3) is 0.538. The van der Waals surface area contributed by atoms with Crippen molar-refractivity contribution in [1.29, 1.82) is 10.8 Å². The summed E-state index contributed by atoms with van der Waals surface area (Å²) in [4.78, 5) is 114. The highest BCUT2D eigenvalue weighted by Crippen LogP contribution is 2.52. The van der Waals surface area contributed by atoms with Crippen LogP contribution in [0.5, 0.6) is 11.8 Å². The number of methoxy groups -OCH3 is 4. The second-order valence-electron chi connectivity index (χ2n) is 35.6. The maximum absolute atomic E-state index is 14.8. The molecule has 2 aliphatic carbocycles. The number of unbranched alkanes of at least 4 members (excludes halogenated alkanes) is 16. The average Bonchev–Trinajstić information content (AvgIpc) is 0.682. The average molecular weight is 1880 g/mol. The van der Waals surface area contributed by atoms with Crippen LogP contribution in [0.25, 0.3) is 130 Å². The van der Waals surface area contributed by atoms with Gasteiger partial charge in [-0.3, -0.25) is 67.3 Å². The molecule has 0 fully saturated rings. The van der Waals surface area contributed by atoms with E-state index in [1.54, 1.807) is 77.0 Å². The third kappa shape index (κ3) is 22.0. The lowest BCUT2D eigenvalue weighted by Crippen LogP contribution is -2.42. The summed E-state index contributed by atoms with van der Waals surface area (Å²) < 4.78 is 71.1. The SMILES string of the molecule is CCCCCCCC(CCCCCCC)n1c(O)c2cc([N+](=O)[O-])c3c4ccc5c6c4c(c(=N)cc-6c(=O)n(C(CCCCCCC)CCCCCCC)c5=O)c4ccc(c1=O)c2c43.COCCOCCOCC(COCCOCCOC)n1c(O)c2cc([N+](=O)[O-])c3c4ccc5c6c4c(c(=N)cc-6c(=O)n(C(COCCOCCOC)COCCOCCOC)c5=O)c4ccc(c1=O)c2c43. The minimum Gasteiger partial charge on any atom is -0.494 e. The van der Waals surface area contributed by atoms with Crippen molar-refractivity contribution in [2.45, 2.75) is 206 Å². The Hall–Kier alpha value is -10.7. The van der Waals surface area contributed by atoms with Crippen LogP contribution in [-0.2, 0) is 56.8 Å². The first kappa shape index (κ1) is 103. The maximum atomic E-state index is 14.8. The number of non-ortho nitro benzene ring substituents is 2. The Morgan fingerprint density at radius 2 is 0.544 bits per heavy atom. The molecule has 8 aromatic carbocycles. The number of fused-ring (bicyclic) bond motifs is 4. The predicted molar refractivity (Wildman–Crippen MR) is 530 cm³/mol. The Kier molecular flexibility index (Phi) is 37.4. The van der Waals surface area contributed by atoms with Crippen LogP contribution in [0, 0.1) is 31.0 Å². The first-order valence-corrected chi connectivity index (χ1v) is 48.6. The van der Waals surface area contributed by atoms with Crippen molar-refractivity contribution < 1.29 is 76.9 Å². The number of nitrogens with one attached hydrogen (secondary N) is 2. The largest absolute Gasteiger partial charge is 0.494 e. The molecule has 0 amide bonds. The fourth-order valence-electron chi connectivity index (χ4n) is 20.1. The van der Waals surface area contributed by atoms with Crippen LogP contribution in [-0.4, -0.2) is 199 Å². The highest BCUT2D eigenvalue weighted by Gasteiger charge is 2.37. The number of hydrogen-bond donors (Lipinski definition) is 4. The first-order chi connectivity index (χ1) is 66.2. The molecule has 14 rings (SSSR count). The molecule has 0 atom stereocenters. The Balaban J connectivity index is 0.000000232. The molecule has 136 heavy (non-hydrogen) atoms. The van der Waals surface area contributed by atoms with Crippen LogP contribution >= 0.6 is 0 Å². The maximum Gasteiger partial charge on any atom is 0.278 e. The van der Waals surface area contributed by atoms with Gasteiger partial charge in [-0.1, -0.05) is 180 Å². The molecule has 0 saturated carbocycles. The number of nitro benzene ring substituents is 2. The molecule has 10 aromatic rings. The Morgan fingerprint density at radius 1 is 0.287 bits per heavy atom. The van der Waals surface area contributed by atoms with Gasteiger partial charge in [0.2, 0.25) is 11.8 Å². The van der Waals surface area contributed by atoms with Crippen LogP contribution in [0.15, 0.2) is 102 Å². The van der Waals surface area contributed by atoms with Gasteiger partial charge in [0.05, 0.1) is 197 Å². The predicted octanol–water partition coefficient (Wildman–Crippen LogP) is 17.6. The van der Waals surface area contributed by atoms with Crippen LogP contribution in [0.1, 0.15) is 206 Å². The van der Waals surface area contributed by atoms with Crippen molar-refractivity contribution in [3.63, 3.8) is 0 Å². The number of nitro groups is 2.